The third-order valence-electron chi connectivity index (χ3n) is 5.33. The molecule has 1 atom stereocenters. The minimum atomic E-state index is -3.74. The number of ether oxygens (including phenoxy) is 1. The first kappa shape index (κ1) is 27.3. The number of sulfonamides is 2. The molecule has 0 saturated heterocycles. The SMILES string of the molecule is CC(NS(=O)(=O)c1ccc(OCC(=O)NCc2ccc(S(=O)(=O)N(C)C)cc2)cc1)c1ccccc1. The summed E-state index contributed by atoms with van der Waals surface area (Å²) in [6, 6.07) is 20.9. The summed E-state index contributed by atoms with van der Waals surface area (Å²) in [6.45, 7) is 1.71. The second-order valence-corrected chi connectivity index (χ2v) is 12.1. The molecule has 0 saturated carbocycles. The average Bonchev–Trinajstić information content (AvgIpc) is 2.87. The Morgan fingerprint density at radius 2 is 1.44 bits per heavy atom. The highest BCUT2D eigenvalue weighted by atomic mass is 32.2. The number of carbonyl (C=O) groups is 1. The van der Waals surface area contributed by atoms with Gasteiger partial charge in [-0.2, -0.15) is 0 Å². The molecule has 36 heavy (non-hydrogen) atoms. The fourth-order valence-electron chi connectivity index (χ4n) is 3.22. The Morgan fingerprint density at radius 3 is 2.03 bits per heavy atom. The van der Waals surface area contributed by atoms with Gasteiger partial charge in [0.2, 0.25) is 20.0 Å². The van der Waals surface area contributed by atoms with Gasteiger partial charge in [-0.05, 0) is 54.4 Å². The Bertz CT molecular complexity index is 1370. The largest absolute Gasteiger partial charge is 0.484 e. The zero-order chi connectivity index (χ0) is 26.3. The molecule has 3 aromatic rings. The van der Waals surface area contributed by atoms with Crippen LogP contribution in [0.5, 0.6) is 5.75 Å². The maximum absolute atomic E-state index is 12.7. The molecular weight excluding hydrogens is 502 g/mol. The highest BCUT2D eigenvalue weighted by molar-refractivity contribution is 7.89. The van der Waals surface area contributed by atoms with Crippen LogP contribution in [0.25, 0.3) is 0 Å². The van der Waals surface area contributed by atoms with Crippen molar-refractivity contribution < 1.29 is 26.4 Å². The molecular formula is C25H29N3O6S2. The molecule has 0 fully saturated rings. The van der Waals surface area contributed by atoms with Crippen molar-refractivity contribution in [1.82, 2.24) is 14.3 Å². The van der Waals surface area contributed by atoms with Crippen molar-refractivity contribution in [3.8, 4) is 5.75 Å². The standard InChI is InChI=1S/C25H29N3O6S2/c1-19(21-7-5-4-6-8-21)27-35(30,31)23-15-11-22(12-16-23)34-18-25(29)26-17-20-9-13-24(14-10-20)36(32,33)28(2)3/h4-16,19,27H,17-18H2,1-3H3,(H,26,29). The van der Waals surface area contributed by atoms with E-state index in [0.717, 1.165) is 15.4 Å². The fraction of sp³-hybridized carbons (Fsp3) is 0.240. The number of benzene rings is 3. The van der Waals surface area contributed by atoms with Gasteiger partial charge in [0, 0.05) is 26.7 Å². The lowest BCUT2D eigenvalue weighted by molar-refractivity contribution is -0.123. The van der Waals surface area contributed by atoms with E-state index in [4.69, 9.17) is 4.74 Å². The van der Waals surface area contributed by atoms with E-state index in [-0.39, 0.29) is 28.8 Å². The van der Waals surface area contributed by atoms with Gasteiger partial charge in [0.25, 0.3) is 5.91 Å². The van der Waals surface area contributed by atoms with Crippen molar-refractivity contribution in [2.24, 2.45) is 0 Å². The predicted octanol–water partition coefficient (Wildman–Crippen LogP) is 2.67. The molecule has 0 radical (unpaired) electrons. The van der Waals surface area contributed by atoms with Crippen LogP contribution < -0.4 is 14.8 Å². The van der Waals surface area contributed by atoms with E-state index in [1.165, 1.54) is 50.5 Å². The van der Waals surface area contributed by atoms with Crippen molar-refractivity contribution in [3.63, 3.8) is 0 Å². The van der Waals surface area contributed by atoms with Gasteiger partial charge in [-0.15, -0.1) is 0 Å². The summed E-state index contributed by atoms with van der Waals surface area (Å²) in [5, 5.41) is 2.69. The first-order valence-electron chi connectivity index (χ1n) is 11.1. The van der Waals surface area contributed by atoms with Crippen LogP contribution >= 0.6 is 0 Å². The quantitative estimate of drug-likeness (QED) is 0.392. The highest BCUT2D eigenvalue weighted by Crippen LogP contribution is 2.19. The first-order valence-corrected chi connectivity index (χ1v) is 14.0. The predicted molar refractivity (Wildman–Crippen MR) is 136 cm³/mol. The number of hydrogen-bond acceptors (Lipinski definition) is 6. The summed E-state index contributed by atoms with van der Waals surface area (Å²) < 4.78 is 58.8. The monoisotopic (exact) mass is 531 g/mol. The van der Waals surface area contributed by atoms with Crippen LogP contribution in [0.4, 0.5) is 0 Å². The van der Waals surface area contributed by atoms with Crippen LogP contribution in [-0.4, -0.2) is 47.8 Å². The molecule has 0 aliphatic rings. The van der Waals surface area contributed by atoms with Crippen molar-refractivity contribution in [2.45, 2.75) is 29.3 Å². The zero-order valence-electron chi connectivity index (χ0n) is 20.2. The lowest BCUT2D eigenvalue weighted by atomic mass is 10.1. The van der Waals surface area contributed by atoms with Crippen molar-refractivity contribution >= 4 is 26.0 Å². The molecule has 2 N–H and O–H groups in total. The van der Waals surface area contributed by atoms with Crippen LogP contribution in [0.2, 0.25) is 0 Å². The van der Waals surface area contributed by atoms with E-state index < -0.39 is 26.1 Å². The number of carbonyl (C=O) groups excluding carboxylic acids is 1. The number of nitrogens with one attached hydrogen (secondary N) is 2. The average molecular weight is 532 g/mol. The maximum atomic E-state index is 12.7. The van der Waals surface area contributed by atoms with Gasteiger partial charge in [0.15, 0.2) is 6.61 Å². The molecule has 0 heterocycles. The topological polar surface area (TPSA) is 122 Å². The Hall–Kier alpha value is -3.25. The normalized spacial score (nSPS) is 12.8. The smallest absolute Gasteiger partial charge is 0.258 e. The number of rotatable bonds is 11. The van der Waals surface area contributed by atoms with Crippen molar-refractivity contribution in [1.29, 1.82) is 0 Å². The van der Waals surface area contributed by atoms with E-state index in [1.54, 1.807) is 19.1 Å². The molecule has 1 unspecified atom stereocenters. The molecule has 11 heteroatoms. The minimum absolute atomic E-state index is 0.0850. The molecule has 0 spiro atoms. The lowest BCUT2D eigenvalue weighted by Crippen LogP contribution is -2.28. The van der Waals surface area contributed by atoms with Gasteiger partial charge in [-0.25, -0.2) is 25.9 Å². The highest BCUT2D eigenvalue weighted by Gasteiger charge is 2.19. The molecule has 192 valence electrons. The maximum Gasteiger partial charge on any atom is 0.258 e. The summed E-state index contributed by atoms with van der Waals surface area (Å²) in [6.07, 6.45) is 0. The zero-order valence-corrected chi connectivity index (χ0v) is 21.8. The number of amides is 1. The van der Waals surface area contributed by atoms with Gasteiger partial charge in [0.1, 0.15) is 5.75 Å². The molecule has 9 nitrogen and oxygen atoms in total. The van der Waals surface area contributed by atoms with Gasteiger partial charge in [0.05, 0.1) is 9.79 Å². The lowest BCUT2D eigenvalue weighted by Gasteiger charge is -2.15. The van der Waals surface area contributed by atoms with Gasteiger partial charge in [-0.3, -0.25) is 4.79 Å². The molecule has 0 bridgehead atoms. The van der Waals surface area contributed by atoms with Crippen LogP contribution in [0.3, 0.4) is 0 Å². The van der Waals surface area contributed by atoms with Gasteiger partial charge in [-0.1, -0.05) is 42.5 Å². The Morgan fingerprint density at radius 1 is 0.861 bits per heavy atom. The second kappa shape index (κ2) is 11.7. The van der Waals surface area contributed by atoms with E-state index in [0.29, 0.717) is 5.75 Å². The third kappa shape index (κ3) is 7.14. The van der Waals surface area contributed by atoms with E-state index in [2.05, 4.69) is 10.0 Å². The van der Waals surface area contributed by atoms with E-state index in [9.17, 15) is 21.6 Å². The van der Waals surface area contributed by atoms with E-state index in [1.807, 2.05) is 30.3 Å². The van der Waals surface area contributed by atoms with Crippen LogP contribution in [0.1, 0.15) is 24.1 Å². The molecule has 0 aliphatic heterocycles. The van der Waals surface area contributed by atoms with Crippen LogP contribution in [-0.2, 0) is 31.4 Å². The summed E-state index contributed by atoms with van der Waals surface area (Å²) in [4.78, 5) is 12.4. The minimum Gasteiger partial charge on any atom is -0.484 e. The summed E-state index contributed by atoms with van der Waals surface area (Å²) in [7, 11) is -4.33. The summed E-state index contributed by atoms with van der Waals surface area (Å²) in [5.74, 6) is -0.0338. The number of hydrogen-bond donors (Lipinski definition) is 2. The van der Waals surface area contributed by atoms with Crippen LogP contribution in [0.15, 0.2) is 88.7 Å². The molecule has 1 amide bonds. The van der Waals surface area contributed by atoms with Crippen molar-refractivity contribution in [3.05, 3.63) is 90.0 Å². The third-order valence-corrected chi connectivity index (χ3v) is 8.71. The Labute approximate surface area is 212 Å². The Kier molecular flexibility index (Phi) is 8.85. The van der Waals surface area contributed by atoms with Crippen molar-refractivity contribution in [2.75, 3.05) is 20.7 Å². The fourth-order valence-corrected chi connectivity index (χ4v) is 5.35. The number of nitrogens with zero attached hydrogens (tertiary/aromatic N) is 1. The molecule has 3 rings (SSSR count). The Balaban J connectivity index is 1.49. The second-order valence-electron chi connectivity index (χ2n) is 8.22. The first-order chi connectivity index (χ1) is 17.0. The van der Waals surface area contributed by atoms with Gasteiger partial charge >= 0.3 is 0 Å². The summed E-state index contributed by atoms with van der Waals surface area (Å²) in [5.41, 5.74) is 1.58. The van der Waals surface area contributed by atoms with Crippen LogP contribution in [0, 0.1) is 0 Å². The van der Waals surface area contributed by atoms with Gasteiger partial charge < -0.3 is 10.1 Å². The van der Waals surface area contributed by atoms with E-state index >= 15 is 0 Å². The molecule has 3 aromatic carbocycles. The molecule has 0 aliphatic carbocycles. The summed E-state index contributed by atoms with van der Waals surface area (Å²) >= 11 is 0. The molecule has 0 aromatic heterocycles.